The number of urea groups is 1. The fourth-order valence-corrected chi connectivity index (χ4v) is 1.43. The lowest BCUT2D eigenvalue weighted by molar-refractivity contribution is -0.129. The molecule has 7 heteroatoms. The van der Waals surface area contributed by atoms with Gasteiger partial charge in [0.05, 0.1) is 11.8 Å². The van der Waals surface area contributed by atoms with Gasteiger partial charge in [-0.25, -0.2) is 4.79 Å². The van der Waals surface area contributed by atoms with Crippen LogP contribution in [0.4, 0.5) is 4.79 Å². The molecule has 0 aromatic carbocycles. The van der Waals surface area contributed by atoms with Crippen LogP contribution in [-0.4, -0.2) is 40.8 Å². The number of rotatable bonds is 2. The minimum Gasteiger partial charge on any atom is -0.472 e. The highest BCUT2D eigenvalue weighted by atomic mass is 16.3. The molecule has 0 saturated carbocycles. The van der Waals surface area contributed by atoms with E-state index in [1.165, 1.54) is 30.5 Å². The highest BCUT2D eigenvalue weighted by Crippen LogP contribution is 2.13. The average Bonchev–Trinajstić information content (AvgIpc) is 2.90. The van der Waals surface area contributed by atoms with Gasteiger partial charge in [-0.05, 0) is 13.0 Å². The first-order valence-corrected chi connectivity index (χ1v) is 4.96. The largest absolute Gasteiger partial charge is 0.472 e. The summed E-state index contributed by atoms with van der Waals surface area (Å²) >= 11 is 0. The molecular formula is C10H11N3O4. The Hall–Kier alpha value is -2.31. The minimum atomic E-state index is -0.577. The highest BCUT2D eigenvalue weighted by Gasteiger charge is 2.41. The van der Waals surface area contributed by atoms with Crippen molar-refractivity contribution in [2.75, 3.05) is 7.05 Å². The number of imide groups is 1. The van der Waals surface area contributed by atoms with Gasteiger partial charge in [0.2, 0.25) is 0 Å². The second-order valence-electron chi connectivity index (χ2n) is 3.70. The van der Waals surface area contributed by atoms with Crippen LogP contribution in [0.25, 0.3) is 0 Å². The standard InChI is InChI=1S/C10H11N3O4/c1-6-9(15)13(10(16)12(6)2)11-8(14)7-3-4-17-5-7/h3-6H,1-2H3,(H,11,14). The van der Waals surface area contributed by atoms with Gasteiger partial charge in [-0.3, -0.25) is 15.0 Å². The molecule has 2 rings (SSSR count). The van der Waals surface area contributed by atoms with Crippen molar-refractivity contribution in [3.63, 3.8) is 0 Å². The van der Waals surface area contributed by atoms with E-state index in [0.29, 0.717) is 5.01 Å². The molecule has 1 N–H and O–H groups in total. The number of furan rings is 1. The number of hydrazine groups is 1. The van der Waals surface area contributed by atoms with Gasteiger partial charge in [-0.1, -0.05) is 0 Å². The molecule has 1 atom stereocenters. The van der Waals surface area contributed by atoms with Crippen LogP contribution >= 0.6 is 0 Å². The lowest BCUT2D eigenvalue weighted by atomic mass is 10.3. The Kier molecular flexibility index (Phi) is 2.58. The minimum absolute atomic E-state index is 0.243. The van der Waals surface area contributed by atoms with Crippen LogP contribution in [0.1, 0.15) is 17.3 Å². The Morgan fingerprint density at radius 1 is 1.47 bits per heavy atom. The topological polar surface area (TPSA) is 82.9 Å². The zero-order valence-electron chi connectivity index (χ0n) is 9.34. The summed E-state index contributed by atoms with van der Waals surface area (Å²) in [5.41, 5.74) is 2.48. The maximum absolute atomic E-state index is 11.7. The normalized spacial score (nSPS) is 20.0. The molecule has 0 spiro atoms. The van der Waals surface area contributed by atoms with E-state index in [1.807, 2.05) is 0 Å². The van der Waals surface area contributed by atoms with E-state index in [1.54, 1.807) is 6.92 Å². The van der Waals surface area contributed by atoms with Crippen LogP contribution in [0.2, 0.25) is 0 Å². The van der Waals surface area contributed by atoms with E-state index in [2.05, 4.69) is 5.43 Å². The predicted molar refractivity (Wildman–Crippen MR) is 55.6 cm³/mol. The first-order chi connectivity index (χ1) is 8.02. The van der Waals surface area contributed by atoms with Crippen LogP contribution in [-0.2, 0) is 4.79 Å². The summed E-state index contributed by atoms with van der Waals surface area (Å²) in [7, 11) is 1.49. The van der Waals surface area contributed by atoms with Crippen molar-refractivity contribution in [2.24, 2.45) is 0 Å². The number of likely N-dealkylation sites (N-methyl/N-ethyl adjacent to an activating group) is 1. The summed E-state index contributed by atoms with van der Waals surface area (Å²) in [5, 5.41) is 0.708. The predicted octanol–water partition coefficient (Wildman–Crippen LogP) is 0.207. The van der Waals surface area contributed by atoms with Crippen molar-refractivity contribution < 1.29 is 18.8 Å². The molecule has 90 valence electrons. The quantitative estimate of drug-likeness (QED) is 0.745. The number of nitrogens with zero attached hydrogens (tertiary/aromatic N) is 2. The second kappa shape index (κ2) is 3.93. The fourth-order valence-electron chi connectivity index (χ4n) is 1.43. The zero-order valence-corrected chi connectivity index (χ0v) is 9.34. The van der Waals surface area contributed by atoms with Crippen LogP contribution in [0.3, 0.4) is 0 Å². The highest BCUT2D eigenvalue weighted by molar-refractivity contribution is 6.06. The van der Waals surface area contributed by atoms with Crippen LogP contribution in [0, 0.1) is 0 Å². The van der Waals surface area contributed by atoms with Crippen molar-refractivity contribution >= 4 is 17.8 Å². The molecule has 0 radical (unpaired) electrons. The van der Waals surface area contributed by atoms with Gasteiger partial charge >= 0.3 is 6.03 Å². The number of hydrogen-bond acceptors (Lipinski definition) is 4. The van der Waals surface area contributed by atoms with Gasteiger partial charge in [0.1, 0.15) is 12.3 Å². The van der Waals surface area contributed by atoms with Gasteiger partial charge in [-0.2, -0.15) is 5.01 Å². The Balaban J connectivity index is 2.12. The Morgan fingerprint density at radius 2 is 2.18 bits per heavy atom. The van der Waals surface area contributed by atoms with E-state index in [4.69, 9.17) is 4.42 Å². The molecule has 17 heavy (non-hydrogen) atoms. The fraction of sp³-hybridized carbons (Fsp3) is 0.300. The molecule has 1 fully saturated rings. The number of carbonyl (C=O) groups excluding carboxylic acids is 3. The zero-order chi connectivity index (χ0) is 12.6. The van der Waals surface area contributed by atoms with Gasteiger partial charge in [0, 0.05) is 7.05 Å². The van der Waals surface area contributed by atoms with Crippen molar-refractivity contribution in [3.8, 4) is 0 Å². The van der Waals surface area contributed by atoms with E-state index in [-0.39, 0.29) is 5.56 Å². The number of hydrogen-bond donors (Lipinski definition) is 1. The molecule has 1 aliphatic heterocycles. The van der Waals surface area contributed by atoms with Crippen LogP contribution in [0.5, 0.6) is 0 Å². The summed E-state index contributed by atoms with van der Waals surface area (Å²) in [6.45, 7) is 1.59. The lowest BCUT2D eigenvalue weighted by Gasteiger charge is -2.14. The summed E-state index contributed by atoms with van der Waals surface area (Å²) in [6, 6.07) is 0.305. The first-order valence-electron chi connectivity index (χ1n) is 4.96. The molecule has 1 aliphatic rings. The Bertz CT molecular complexity index is 448. The van der Waals surface area contributed by atoms with Crippen molar-refractivity contribution in [1.29, 1.82) is 0 Å². The molecule has 2 heterocycles. The number of carbonyl (C=O) groups is 3. The Labute approximate surface area is 96.9 Å². The van der Waals surface area contributed by atoms with E-state index < -0.39 is 23.9 Å². The SMILES string of the molecule is CC1C(=O)N(NC(=O)c2ccoc2)C(=O)N1C. The van der Waals surface area contributed by atoms with E-state index >= 15 is 0 Å². The van der Waals surface area contributed by atoms with E-state index in [9.17, 15) is 14.4 Å². The van der Waals surface area contributed by atoms with Crippen molar-refractivity contribution in [3.05, 3.63) is 24.2 Å². The van der Waals surface area contributed by atoms with Crippen molar-refractivity contribution in [2.45, 2.75) is 13.0 Å². The second-order valence-corrected chi connectivity index (χ2v) is 3.70. The third-order valence-electron chi connectivity index (χ3n) is 2.65. The maximum Gasteiger partial charge on any atom is 0.346 e. The number of nitrogens with one attached hydrogen (secondary N) is 1. The monoisotopic (exact) mass is 237 g/mol. The summed E-state index contributed by atoms with van der Waals surface area (Å²) in [6.07, 6.45) is 2.56. The van der Waals surface area contributed by atoms with E-state index in [0.717, 1.165) is 0 Å². The third kappa shape index (κ3) is 1.75. The molecular weight excluding hydrogens is 226 g/mol. The lowest BCUT2D eigenvalue weighted by Crippen LogP contribution is -2.46. The summed E-state index contributed by atoms with van der Waals surface area (Å²) in [5.74, 6) is -1.03. The maximum atomic E-state index is 11.7. The molecule has 1 unspecified atom stereocenters. The first kappa shape index (κ1) is 11.2. The molecule has 7 nitrogen and oxygen atoms in total. The van der Waals surface area contributed by atoms with Crippen LogP contribution in [0.15, 0.2) is 23.0 Å². The number of amides is 4. The van der Waals surface area contributed by atoms with Gasteiger partial charge in [0.25, 0.3) is 11.8 Å². The molecule has 0 aliphatic carbocycles. The summed E-state index contributed by atoms with van der Waals surface area (Å²) in [4.78, 5) is 36.2. The van der Waals surface area contributed by atoms with Gasteiger partial charge in [0.15, 0.2) is 0 Å². The molecule has 4 amide bonds. The average molecular weight is 237 g/mol. The van der Waals surface area contributed by atoms with Gasteiger partial charge < -0.3 is 9.32 Å². The Morgan fingerprint density at radius 3 is 2.65 bits per heavy atom. The molecule has 1 aromatic rings. The van der Waals surface area contributed by atoms with Crippen LogP contribution < -0.4 is 5.43 Å². The smallest absolute Gasteiger partial charge is 0.346 e. The molecule has 1 aromatic heterocycles. The van der Waals surface area contributed by atoms with Crippen molar-refractivity contribution in [1.82, 2.24) is 15.3 Å². The third-order valence-corrected chi connectivity index (χ3v) is 2.65. The summed E-state index contributed by atoms with van der Waals surface area (Å²) < 4.78 is 4.74. The molecule has 0 bridgehead atoms. The van der Waals surface area contributed by atoms with Gasteiger partial charge in [-0.15, -0.1) is 0 Å². The molecule has 1 saturated heterocycles.